The monoisotopic (exact) mass is 450 g/mol. The largest absolute Gasteiger partial charge is 0.541 e. The molecule has 0 amide bonds. The van der Waals surface area contributed by atoms with Crippen LogP contribution in [-0.2, 0) is 0 Å². The van der Waals surface area contributed by atoms with Gasteiger partial charge in [-0.2, -0.15) is 0 Å². The van der Waals surface area contributed by atoms with Crippen molar-refractivity contribution < 1.29 is 19.3 Å². The van der Waals surface area contributed by atoms with E-state index in [-0.39, 0.29) is 27.2 Å². The van der Waals surface area contributed by atoms with Crippen LogP contribution in [0.5, 0.6) is 5.75 Å². The Hall–Kier alpha value is -2.39. The number of carboxylic acid groups (broad SMARTS) is 1. The van der Waals surface area contributed by atoms with Crippen LogP contribution in [0.2, 0.25) is 16.6 Å². The number of aromatic carboxylic acids is 1. The lowest BCUT2D eigenvalue weighted by Crippen LogP contribution is -2.51. The van der Waals surface area contributed by atoms with Gasteiger partial charge in [0.1, 0.15) is 16.4 Å². The topological polar surface area (TPSA) is 102 Å². The third-order valence-corrected chi connectivity index (χ3v) is 12.8. The average Bonchev–Trinajstić information content (AvgIpc) is 2.95. The minimum atomic E-state index is -2.38. The third kappa shape index (κ3) is 4.36. The minimum absolute atomic E-state index is 0.0695. The molecule has 164 valence electrons. The molecule has 1 aromatic carbocycles. The smallest absolute Gasteiger partial charge is 0.349 e. The lowest BCUT2D eigenvalue weighted by molar-refractivity contribution is -0.383. The van der Waals surface area contributed by atoms with Crippen LogP contribution in [0.1, 0.15) is 56.8 Å². The van der Waals surface area contributed by atoms with Crippen molar-refractivity contribution in [3.8, 4) is 5.75 Å². The van der Waals surface area contributed by atoms with Gasteiger partial charge in [-0.3, -0.25) is 10.1 Å². The molecule has 0 aliphatic rings. The van der Waals surface area contributed by atoms with Crippen molar-refractivity contribution in [1.29, 1.82) is 0 Å². The molecule has 30 heavy (non-hydrogen) atoms. The Balaban J connectivity index is 2.59. The van der Waals surface area contributed by atoms with Crippen molar-refractivity contribution >= 4 is 42.0 Å². The molecule has 0 radical (unpaired) electrons. The van der Waals surface area contributed by atoms with Crippen molar-refractivity contribution in [3.63, 3.8) is 0 Å². The summed E-state index contributed by atoms with van der Waals surface area (Å²) in [5.74, 6) is -0.677. The number of nitro groups is 1. The fourth-order valence-electron chi connectivity index (χ4n) is 4.27. The first-order chi connectivity index (χ1) is 13.9. The Kier molecular flexibility index (Phi) is 7.30. The molecule has 0 fully saturated rings. The van der Waals surface area contributed by atoms with Crippen molar-refractivity contribution in [2.24, 2.45) is 0 Å². The molecule has 0 saturated heterocycles. The quantitative estimate of drug-likeness (QED) is 0.243. The number of hydrogen-bond donors (Lipinski definition) is 2. The number of para-hydroxylation sites is 2. The molecule has 0 aliphatic carbocycles. The van der Waals surface area contributed by atoms with Crippen molar-refractivity contribution in [2.45, 2.75) is 65.1 Å². The van der Waals surface area contributed by atoms with Crippen LogP contribution in [0.15, 0.2) is 24.3 Å². The highest BCUT2D eigenvalue weighted by Crippen LogP contribution is 2.48. The zero-order valence-corrected chi connectivity index (χ0v) is 20.3. The fraction of sp³-hybridized carbons (Fsp3) is 0.476. The van der Waals surface area contributed by atoms with E-state index in [1.165, 1.54) is 6.07 Å². The standard InChI is InChI=1S/C21H30N2O5SSi/c1-12(2)30(13(3)4,14(5)6)28-18-15(7)20(29-19(18)21(24)25)22-16-10-8-9-11-17(16)23(26)27/h8-14,22H,1-7H3,(H,24,25). The maximum absolute atomic E-state index is 12.0. The summed E-state index contributed by atoms with van der Waals surface area (Å²) in [5, 5.41) is 24.8. The Morgan fingerprint density at radius 2 is 1.67 bits per heavy atom. The number of anilines is 2. The SMILES string of the molecule is Cc1c(Nc2ccccc2[N+](=O)[O-])sc(C(=O)O)c1O[Si](C(C)C)(C(C)C)C(C)C. The van der Waals surface area contributed by atoms with Crippen LogP contribution in [0.25, 0.3) is 0 Å². The average molecular weight is 451 g/mol. The number of benzene rings is 1. The van der Waals surface area contributed by atoms with E-state index in [1.54, 1.807) is 25.1 Å². The molecule has 0 atom stereocenters. The van der Waals surface area contributed by atoms with E-state index in [0.717, 1.165) is 11.3 Å². The Labute approximate surface area is 182 Å². The zero-order valence-electron chi connectivity index (χ0n) is 18.5. The highest BCUT2D eigenvalue weighted by atomic mass is 32.1. The zero-order chi connectivity index (χ0) is 22.8. The summed E-state index contributed by atoms with van der Waals surface area (Å²) in [6.45, 7) is 14.6. The molecular formula is C21H30N2O5SSi. The van der Waals surface area contributed by atoms with E-state index in [1.807, 2.05) is 0 Å². The molecular weight excluding hydrogens is 420 g/mol. The van der Waals surface area contributed by atoms with Gasteiger partial charge in [-0.15, -0.1) is 11.3 Å². The van der Waals surface area contributed by atoms with E-state index < -0.39 is 19.2 Å². The summed E-state index contributed by atoms with van der Waals surface area (Å²) in [6.07, 6.45) is 0. The second kappa shape index (κ2) is 9.17. The second-order valence-corrected chi connectivity index (χ2v) is 14.7. The normalized spacial score (nSPS) is 11.9. The first-order valence-electron chi connectivity index (χ1n) is 9.99. The van der Waals surface area contributed by atoms with Crippen molar-refractivity contribution in [2.75, 3.05) is 5.32 Å². The summed E-state index contributed by atoms with van der Waals surface area (Å²) in [6, 6.07) is 6.31. The van der Waals surface area contributed by atoms with Gasteiger partial charge >= 0.3 is 5.97 Å². The Morgan fingerprint density at radius 3 is 2.13 bits per heavy atom. The predicted molar refractivity (Wildman–Crippen MR) is 124 cm³/mol. The van der Waals surface area contributed by atoms with E-state index in [9.17, 15) is 20.0 Å². The van der Waals surface area contributed by atoms with Gasteiger partial charge in [0.05, 0.1) is 4.92 Å². The molecule has 0 unspecified atom stereocenters. The lowest BCUT2D eigenvalue weighted by atomic mass is 10.2. The van der Waals surface area contributed by atoms with Gasteiger partial charge in [0.25, 0.3) is 14.0 Å². The lowest BCUT2D eigenvalue weighted by Gasteiger charge is -2.42. The molecule has 2 N–H and O–H groups in total. The molecule has 7 nitrogen and oxygen atoms in total. The Morgan fingerprint density at radius 1 is 1.13 bits per heavy atom. The maximum atomic E-state index is 12.0. The first kappa shape index (κ1) is 23.9. The number of nitrogens with zero attached hydrogens (tertiary/aromatic N) is 1. The number of carboxylic acids is 1. The molecule has 0 spiro atoms. The number of carbonyl (C=O) groups is 1. The van der Waals surface area contributed by atoms with Gasteiger partial charge in [-0.1, -0.05) is 53.7 Å². The molecule has 0 saturated carbocycles. The summed E-state index contributed by atoms with van der Waals surface area (Å²) in [5.41, 5.74) is 1.75. The van der Waals surface area contributed by atoms with Crippen LogP contribution in [0.3, 0.4) is 0 Å². The second-order valence-electron chi connectivity index (χ2n) is 8.34. The molecule has 0 aliphatic heterocycles. The van der Waals surface area contributed by atoms with Crippen molar-refractivity contribution in [3.05, 3.63) is 44.8 Å². The van der Waals surface area contributed by atoms with Crippen LogP contribution >= 0.6 is 11.3 Å². The number of hydrogen-bond acceptors (Lipinski definition) is 6. The van der Waals surface area contributed by atoms with Gasteiger partial charge in [0, 0.05) is 11.6 Å². The number of nitrogens with one attached hydrogen (secondary N) is 1. The Bertz CT molecular complexity index is 918. The summed E-state index contributed by atoms with van der Waals surface area (Å²) in [7, 11) is -2.38. The van der Waals surface area contributed by atoms with Crippen molar-refractivity contribution in [1.82, 2.24) is 0 Å². The minimum Gasteiger partial charge on any atom is -0.541 e. The summed E-state index contributed by atoms with van der Waals surface area (Å²) < 4.78 is 6.70. The van der Waals surface area contributed by atoms with Gasteiger partial charge in [-0.05, 0) is 29.6 Å². The van der Waals surface area contributed by atoms with E-state index in [4.69, 9.17) is 4.43 Å². The van der Waals surface area contributed by atoms with E-state index in [0.29, 0.717) is 22.0 Å². The van der Waals surface area contributed by atoms with Crippen LogP contribution in [0.4, 0.5) is 16.4 Å². The highest BCUT2D eigenvalue weighted by Gasteiger charge is 2.48. The molecule has 1 heterocycles. The summed E-state index contributed by atoms with van der Waals surface area (Å²) >= 11 is 1.05. The van der Waals surface area contributed by atoms with Crippen LogP contribution in [-0.4, -0.2) is 24.3 Å². The highest BCUT2D eigenvalue weighted by molar-refractivity contribution is 7.18. The van der Waals surface area contributed by atoms with Gasteiger partial charge < -0.3 is 14.8 Å². The first-order valence-corrected chi connectivity index (χ1v) is 12.9. The predicted octanol–water partition coefficient (Wildman–Crippen LogP) is 6.96. The van der Waals surface area contributed by atoms with Gasteiger partial charge in [0.15, 0.2) is 4.88 Å². The molecule has 2 aromatic rings. The molecule has 0 bridgehead atoms. The van der Waals surface area contributed by atoms with E-state index in [2.05, 4.69) is 46.9 Å². The van der Waals surface area contributed by atoms with Gasteiger partial charge in [-0.25, -0.2) is 4.79 Å². The van der Waals surface area contributed by atoms with Crippen LogP contribution < -0.4 is 9.74 Å². The van der Waals surface area contributed by atoms with E-state index >= 15 is 0 Å². The third-order valence-electron chi connectivity index (χ3n) is 5.62. The molecule has 2 rings (SSSR count). The maximum Gasteiger partial charge on any atom is 0.349 e. The molecule has 9 heteroatoms. The van der Waals surface area contributed by atoms with Gasteiger partial charge in [0.2, 0.25) is 0 Å². The van der Waals surface area contributed by atoms with Crippen LogP contribution in [0, 0.1) is 17.0 Å². The molecule has 1 aromatic heterocycles. The number of nitro benzene ring substituents is 1. The fourth-order valence-corrected chi connectivity index (χ4v) is 10.6. The number of thiophene rings is 1. The summed E-state index contributed by atoms with van der Waals surface area (Å²) in [4.78, 5) is 23.0. The number of rotatable bonds is 9.